The van der Waals surface area contributed by atoms with Crippen LogP contribution in [0.1, 0.15) is 24.5 Å². The first-order chi connectivity index (χ1) is 15.0. The molecule has 1 atom stereocenters. The van der Waals surface area contributed by atoms with Crippen LogP contribution in [-0.2, 0) is 17.9 Å². The highest BCUT2D eigenvalue weighted by Gasteiger charge is 2.29. The minimum Gasteiger partial charge on any atom is -0.350 e. The molecule has 0 fully saturated rings. The summed E-state index contributed by atoms with van der Waals surface area (Å²) in [6.45, 7) is 2.62. The summed E-state index contributed by atoms with van der Waals surface area (Å²) in [5, 5.41) is 15.3. The number of carbonyl (C=O) groups is 1. The van der Waals surface area contributed by atoms with Crippen molar-refractivity contribution in [2.45, 2.75) is 32.5 Å². The highest BCUT2D eigenvalue weighted by molar-refractivity contribution is 6.30. The van der Waals surface area contributed by atoms with E-state index in [4.69, 9.17) is 11.6 Å². The Morgan fingerprint density at radius 1 is 1.00 bits per heavy atom. The van der Waals surface area contributed by atoms with Crippen molar-refractivity contribution < 1.29 is 9.72 Å². The lowest BCUT2D eigenvalue weighted by Gasteiger charge is -2.32. The summed E-state index contributed by atoms with van der Waals surface area (Å²) in [5.41, 5.74) is 2.26. The van der Waals surface area contributed by atoms with Gasteiger partial charge in [-0.05, 0) is 35.7 Å². The number of benzene rings is 3. The van der Waals surface area contributed by atoms with Crippen molar-refractivity contribution in [3.05, 3.63) is 105 Å². The molecule has 0 aliphatic carbocycles. The van der Waals surface area contributed by atoms with Crippen LogP contribution in [0.2, 0.25) is 5.02 Å². The number of hydrogen-bond acceptors (Lipinski definition) is 4. The van der Waals surface area contributed by atoms with Crippen LogP contribution in [0.3, 0.4) is 0 Å². The second-order valence-electron chi connectivity index (χ2n) is 7.13. The summed E-state index contributed by atoms with van der Waals surface area (Å²) in [6, 6.07) is 22.8. The zero-order chi connectivity index (χ0) is 22.2. The predicted molar refractivity (Wildman–Crippen MR) is 123 cm³/mol. The zero-order valence-corrected chi connectivity index (χ0v) is 18.0. The van der Waals surface area contributed by atoms with Crippen LogP contribution in [0.25, 0.3) is 0 Å². The number of nitro benzene ring substituents is 1. The molecule has 0 spiro atoms. The molecule has 1 unspecified atom stereocenters. The van der Waals surface area contributed by atoms with Gasteiger partial charge in [0, 0.05) is 24.2 Å². The van der Waals surface area contributed by atoms with Gasteiger partial charge in [0.15, 0.2) is 0 Å². The second kappa shape index (κ2) is 10.6. The standard InChI is InChI=1S/C24H24ClN3O3/c1-2-21(24(29)26-16-18-8-4-3-5-9-18)27(17-19-12-14-20(25)15-13-19)22-10-6-7-11-23(22)28(30)31/h3-15,21H,2,16-17H2,1H3,(H,26,29). The second-order valence-corrected chi connectivity index (χ2v) is 7.56. The topological polar surface area (TPSA) is 75.5 Å². The highest BCUT2D eigenvalue weighted by Crippen LogP contribution is 2.31. The van der Waals surface area contributed by atoms with Crippen molar-refractivity contribution in [2.75, 3.05) is 4.90 Å². The van der Waals surface area contributed by atoms with Gasteiger partial charge in [-0.15, -0.1) is 0 Å². The first-order valence-electron chi connectivity index (χ1n) is 10.1. The number of para-hydroxylation sites is 2. The molecule has 3 aromatic rings. The number of rotatable bonds is 9. The third kappa shape index (κ3) is 5.83. The molecule has 0 saturated heterocycles. The van der Waals surface area contributed by atoms with Gasteiger partial charge in [0.25, 0.3) is 5.69 Å². The van der Waals surface area contributed by atoms with Gasteiger partial charge in [-0.3, -0.25) is 14.9 Å². The molecule has 1 amide bonds. The number of hydrogen-bond donors (Lipinski definition) is 1. The minimum absolute atomic E-state index is 0.0363. The molecule has 7 heteroatoms. The largest absolute Gasteiger partial charge is 0.350 e. The first kappa shape index (κ1) is 22.3. The fraction of sp³-hybridized carbons (Fsp3) is 0.208. The summed E-state index contributed by atoms with van der Waals surface area (Å²) in [5.74, 6) is -0.182. The van der Waals surface area contributed by atoms with E-state index in [1.54, 1.807) is 35.2 Å². The molecule has 0 saturated carbocycles. The Kier molecular flexibility index (Phi) is 7.62. The average molecular weight is 438 g/mol. The number of carbonyl (C=O) groups excluding carboxylic acids is 1. The molecular formula is C24H24ClN3O3. The van der Waals surface area contributed by atoms with E-state index in [0.717, 1.165) is 11.1 Å². The van der Waals surface area contributed by atoms with Gasteiger partial charge >= 0.3 is 0 Å². The quantitative estimate of drug-likeness (QED) is 0.361. The number of nitrogens with one attached hydrogen (secondary N) is 1. The van der Waals surface area contributed by atoms with Gasteiger partial charge in [-0.1, -0.05) is 73.1 Å². The molecule has 0 aliphatic rings. The molecule has 3 aromatic carbocycles. The predicted octanol–water partition coefficient (Wildman–Crippen LogP) is 5.35. The van der Waals surface area contributed by atoms with Crippen LogP contribution in [0, 0.1) is 10.1 Å². The van der Waals surface area contributed by atoms with E-state index in [2.05, 4.69) is 5.32 Å². The van der Waals surface area contributed by atoms with E-state index in [-0.39, 0.29) is 11.6 Å². The summed E-state index contributed by atoms with van der Waals surface area (Å²) in [6.07, 6.45) is 0.486. The van der Waals surface area contributed by atoms with E-state index < -0.39 is 11.0 Å². The maximum atomic E-state index is 13.1. The maximum absolute atomic E-state index is 13.1. The lowest BCUT2D eigenvalue weighted by molar-refractivity contribution is -0.384. The average Bonchev–Trinajstić information content (AvgIpc) is 2.79. The van der Waals surface area contributed by atoms with Crippen LogP contribution in [0.5, 0.6) is 0 Å². The zero-order valence-electron chi connectivity index (χ0n) is 17.2. The Labute approximate surface area is 186 Å². The van der Waals surface area contributed by atoms with Crippen molar-refractivity contribution in [2.24, 2.45) is 0 Å². The van der Waals surface area contributed by atoms with Crippen molar-refractivity contribution in [3.8, 4) is 0 Å². The maximum Gasteiger partial charge on any atom is 0.292 e. The molecule has 1 N–H and O–H groups in total. The third-order valence-corrected chi connectivity index (χ3v) is 5.28. The Balaban J connectivity index is 1.92. The molecule has 0 aromatic heterocycles. The lowest BCUT2D eigenvalue weighted by atomic mass is 10.1. The van der Waals surface area contributed by atoms with Crippen molar-refractivity contribution in [1.82, 2.24) is 5.32 Å². The van der Waals surface area contributed by atoms with Gasteiger partial charge in [0.1, 0.15) is 11.7 Å². The number of nitro groups is 1. The Hall–Kier alpha value is -3.38. The van der Waals surface area contributed by atoms with Gasteiger partial charge in [-0.2, -0.15) is 0 Å². The Bertz CT molecular complexity index is 1030. The fourth-order valence-electron chi connectivity index (χ4n) is 3.46. The Morgan fingerprint density at radius 2 is 1.65 bits per heavy atom. The first-order valence-corrected chi connectivity index (χ1v) is 10.4. The van der Waals surface area contributed by atoms with Crippen molar-refractivity contribution in [1.29, 1.82) is 0 Å². The minimum atomic E-state index is -0.583. The molecule has 0 heterocycles. The van der Waals surface area contributed by atoms with Crippen molar-refractivity contribution >= 4 is 28.9 Å². The van der Waals surface area contributed by atoms with E-state index >= 15 is 0 Å². The molecular weight excluding hydrogens is 414 g/mol. The molecule has 3 rings (SSSR count). The van der Waals surface area contributed by atoms with Crippen LogP contribution >= 0.6 is 11.6 Å². The monoisotopic (exact) mass is 437 g/mol. The molecule has 160 valence electrons. The van der Waals surface area contributed by atoms with Crippen LogP contribution in [0.4, 0.5) is 11.4 Å². The van der Waals surface area contributed by atoms with Crippen molar-refractivity contribution in [3.63, 3.8) is 0 Å². The van der Waals surface area contributed by atoms with E-state index in [9.17, 15) is 14.9 Å². The SMILES string of the molecule is CCC(C(=O)NCc1ccccc1)N(Cc1ccc(Cl)cc1)c1ccccc1[N+](=O)[O-]. The van der Waals surface area contributed by atoms with Crippen LogP contribution < -0.4 is 10.2 Å². The fourth-order valence-corrected chi connectivity index (χ4v) is 3.59. The normalized spacial score (nSPS) is 11.5. The number of anilines is 1. The van der Waals surface area contributed by atoms with Gasteiger partial charge < -0.3 is 10.2 Å². The molecule has 0 aliphatic heterocycles. The summed E-state index contributed by atoms with van der Waals surface area (Å²) in [4.78, 5) is 26.2. The third-order valence-electron chi connectivity index (χ3n) is 5.03. The molecule has 31 heavy (non-hydrogen) atoms. The van der Waals surface area contributed by atoms with E-state index in [1.165, 1.54) is 6.07 Å². The van der Waals surface area contributed by atoms with E-state index in [1.807, 2.05) is 49.4 Å². The lowest BCUT2D eigenvalue weighted by Crippen LogP contribution is -2.46. The summed E-state index contributed by atoms with van der Waals surface area (Å²) >= 11 is 6.00. The number of halogens is 1. The van der Waals surface area contributed by atoms with Gasteiger partial charge in [0.2, 0.25) is 5.91 Å². The number of nitrogens with zero attached hydrogens (tertiary/aromatic N) is 2. The highest BCUT2D eigenvalue weighted by atomic mass is 35.5. The number of amides is 1. The van der Waals surface area contributed by atoms with E-state index in [0.29, 0.717) is 30.2 Å². The Morgan fingerprint density at radius 3 is 2.29 bits per heavy atom. The van der Waals surface area contributed by atoms with Gasteiger partial charge in [-0.25, -0.2) is 0 Å². The summed E-state index contributed by atoms with van der Waals surface area (Å²) in [7, 11) is 0. The smallest absolute Gasteiger partial charge is 0.292 e. The van der Waals surface area contributed by atoms with Gasteiger partial charge in [0.05, 0.1) is 4.92 Å². The summed E-state index contributed by atoms with van der Waals surface area (Å²) < 4.78 is 0. The van der Waals surface area contributed by atoms with Crippen LogP contribution in [0.15, 0.2) is 78.9 Å². The van der Waals surface area contributed by atoms with Crippen LogP contribution in [-0.4, -0.2) is 16.9 Å². The molecule has 6 nitrogen and oxygen atoms in total. The molecule has 0 radical (unpaired) electrons. The molecule has 0 bridgehead atoms.